The van der Waals surface area contributed by atoms with Gasteiger partial charge in [0.15, 0.2) is 0 Å². The predicted molar refractivity (Wildman–Crippen MR) is 70.4 cm³/mol. The van der Waals surface area contributed by atoms with Gasteiger partial charge < -0.3 is 15.0 Å². The Hall–Kier alpha value is -2.03. The molecule has 0 bridgehead atoms. The minimum absolute atomic E-state index is 0.232. The monoisotopic (exact) mass is 262 g/mol. The van der Waals surface area contributed by atoms with Crippen LogP contribution in [0, 0.1) is 17.2 Å². The third-order valence-electron chi connectivity index (χ3n) is 2.89. The Morgan fingerprint density at radius 3 is 2.84 bits per heavy atom. The second kappa shape index (κ2) is 4.92. The molecule has 0 aromatic heterocycles. The summed E-state index contributed by atoms with van der Waals surface area (Å²) in [7, 11) is 0. The quantitative estimate of drug-likeness (QED) is 0.771. The Kier molecular flexibility index (Phi) is 3.47. The van der Waals surface area contributed by atoms with Crippen LogP contribution in [0.4, 0.5) is 4.79 Å². The van der Waals surface area contributed by atoms with Crippen molar-refractivity contribution in [3.8, 4) is 6.07 Å². The number of amides is 1. The summed E-state index contributed by atoms with van der Waals surface area (Å²) >= 11 is 0. The molecule has 0 aromatic rings. The summed E-state index contributed by atoms with van der Waals surface area (Å²) in [6.45, 7) is 6.77. The van der Waals surface area contributed by atoms with E-state index in [4.69, 9.17) is 10.00 Å². The number of hydrogen-bond acceptors (Lipinski definition) is 5. The number of likely N-dealkylation sites (tertiary alicyclic amines) is 1. The maximum Gasteiger partial charge on any atom is 0.410 e. The van der Waals surface area contributed by atoms with E-state index in [2.05, 4.69) is 10.3 Å². The van der Waals surface area contributed by atoms with Crippen LogP contribution in [-0.2, 0) is 4.74 Å². The van der Waals surface area contributed by atoms with Crippen LogP contribution >= 0.6 is 0 Å². The van der Waals surface area contributed by atoms with Crippen molar-refractivity contribution in [1.29, 1.82) is 5.26 Å². The van der Waals surface area contributed by atoms with Gasteiger partial charge in [-0.15, -0.1) is 0 Å². The van der Waals surface area contributed by atoms with Gasteiger partial charge in [-0.3, -0.25) is 4.99 Å². The molecule has 2 heterocycles. The largest absolute Gasteiger partial charge is 0.444 e. The fraction of sp³-hybridized carbons (Fsp3) is 0.615. The summed E-state index contributed by atoms with van der Waals surface area (Å²) < 4.78 is 5.29. The third-order valence-corrected chi connectivity index (χ3v) is 2.89. The standard InChI is InChI=1S/C13H18N4O2/c1-13(2,3)19-12(18)17-7-9(8-17)10-4-5-15-11(6-14)16-10/h4-5,9,11,16H,7-8H2,1-3H3. The minimum Gasteiger partial charge on any atom is -0.444 e. The van der Waals surface area contributed by atoms with Crippen LogP contribution in [0.3, 0.4) is 0 Å². The average Bonchev–Trinajstić information content (AvgIpc) is 2.25. The van der Waals surface area contributed by atoms with E-state index in [1.807, 2.05) is 32.9 Å². The number of carbonyl (C=O) groups excluding carboxylic acids is 1. The van der Waals surface area contributed by atoms with E-state index in [1.165, 1.54) is 0 Å². The molecule has 2 aliphatic rings. The van der Waals surface area contributed by atoms with Crippen molar-refractivity contribution in [3.05, 3.63) is 11.8 Å². The Labute approximate surface area is 112 Å². The van der Waals surface area contributed by atoms with Gasteiger partial charge in [0.25, 0.3) is 0 Å². The highest BCUT2D eigenvalue weighted by Crippen LogP contribution is 2.25. The molecule has 1 amide bonds. The number of allylic oxidation sites excluding steroid dienone is 1. The van der Waals surface area contributed by atoms with Crippen molar-refractivity contribution in [1.82, 2.24) is 10.2 Å². The van der Waals surface area contributed by atoms with Crippen molar-refractivity contribution in [3.63, 3.8) is 0 Å². The van der Waals surface area contributed by atoms with Crippen molar-refractivity contribution >= 4 is 12.3 Å². The Bertz CT molecular complexity index is 464. The van der Waals surface area contributed by atoms with Gasteiger partial charge in [0.2, 0.25) is 6.17 Å². The Morgan fingerprint density at radius 1 is 1.58 bits per heavy atom. The van der Waals surface area contributed by atoms with E-state index in [-0.39, 0.29) is 12.0 Å². The summed E-state index contributed by atoms with van der Waals surface area (Å²) in [5, 5.41) is 11.8. The summed E-state index contributed by atoms with van der Waals surface area (Å²) in [5.41, 5.74) is 0.490. The number of aliphatic imine (C=N–C) groups is 1. The van der Waals surface area contributed by atoms with Crippen molar-refractivity contribution in [2.45, 2.75) is 32.5 Å². The smallest absolute Gasteiger partial charge is 0.410 e. The molecule has 1 N–H and O–H groups in total. The highest BCUT2D eigenvalue weighted by atomic mass is 16.6. The van der Waals surface area contributed by atoms with Crippen LogP contribution in [0.25, 0.3) is 0 Å². The zero-order valence-corrected chi connectivity index (χ0v) is 11.4. The van der Waals surface area contributed by atoms with E-state index in [9.17, 15) is 4.79 Å². The molecule has 19 heavy (non-hydrogen) atoms. The number of carbonyl (C=O) groups is 1. The molecule has 6 nitrogen and oxygen atoms in total. The Morgan fingerprint density at radius 2 is 2.26 bits per heavy atom. The van der Waals surface area contributed by atoms with Crippen LogP contribution in [0.2, 0.25) is 0 Å². The highest BCUT2D eigenvalue weighted by Gasteiger charge is 2.36. The molecule has 1 atom stereocenters. The predicted octanol–water partition coefficient (Wildman–Crippen LogP) is 1.26. The zero-order valence-electron chi connectivity index (χ0n) is 11.4. The molecule has 0 aromatic carbocycles. The highest BCUT2D eigenvalue weighted by molar-refractivity contribution is 5.74. The first-order valence-corrected chi connectivity index (χ1v) is 6.26. The molecule has 2 rings (SSSR count). The van der Waals surface area contributed by atoms with Gasteiger partial charge in [0, 0.05) is 30.9 Å². The maximum atomic E-state index is 11.8. The molecular formula is C13H18N4O2. The molecule has 0 spiro atoms. The van der Waals surface area contributed by atoms with Crippen LogP contribution in [-0.4, -0.2) is 42.1 Å². The first-order chi connectivity index (χ1) is 8.89. The second-order valence-electron chi connectivity index (χ2n) is 5.68. The van der Waals surface area contributed by atoms with E-state index < -0.39 is 11.8 Å². The topological polar surface area (TPSA) is 77.7 Å². The molecule has 102 valence electrons. The van der Waals surface area contributed by atoms with Crippen LogP contribution in [0.5, 0.6) is 0 Å². The molecular weight excluding hydrogens is 244 g/mol. The first kappa shape index (κ1) is 13.4. The summed E-state index contributed by atoms with van der Waals surface area (Å²) in [4.78, 5) is 17.4. The van der Waals surface area contributed by atoms with Crippen molar-refractivity contribution < 1.29 is 9.53 Å². The molecule has 2 aliphatic heterocycles. The normalized spacial score (nSPS) is 22.9. The lowest BCUT2D eigenvalue weighted by Gasteiger charge is -2.41. The minimum atomic E-state index is -0.518. The summed E-state index contributed by atoms with van der Waals surface area (Å²) in [6, 6.07) is 2.05. The van der Waals surface area contributed by atoms with Crippen molar-refractivity contribution in [2.75, 3.05) is 13.1 Å². The molecule has 0 aliphatic carbocycles. The van der Waals surface area contributed by atoms with Gasteiger partial charge in [-0.05, 0) is 26.8 Å². The fourth-order valence-electron chi connectivity index (χ4n) is 1.92. The van der Waals surface area contributed by atoms with Crippen LogP contribution in [0.15, 0.2) is 16.8 Å². The van der Waals surface area contributed by atoms with Gasteiger partial charge in [-0.1, -0.05) is 0 Å². The molecule has 1 fully saturated rings. The fourth-order valence-corrected chi connectivity index (χ4v) is 1.92. The van der Waals surface area contributed by atoms with Crippen LogP contribution < -0.4 is 5.32 Å². The van der Waals surface area contributed by atoms with E-state index in [0.717, 1.165) is 5.70 Å². The van der Waals surface area contributed by atoms with Gasteiger partial charge in [0.1, 0.15) is 11.7 Å². The third kappa shape index (κ3) is 3.25. The number of nitriles is 1. The molecule has 0 radical (unpaired) electrons. The van der Waals surface area contributed by atoms with Gasteiger partial charge in [-0.25, -0.2) is 4.79 Å². The maximum absolute atomic E-state index is 11.8. The van der Waals surface area contributed by atoms with E-state index in [1.54, 1.807) is 11.1 Å². The lowest BCUT2D eigenvalue weighted by atomic mass is 9.95. The lowest BCUT2D eigenvalue weighted by molar-refractivity contribution is 0.00292. The lowest BCUT2D eigenvalue weighted by Crippen LogP contribution is -2.54. The number of hydrogen-bond donors (Lipinski definition) is 1. The van der Waals surface area contributed by atoms with E-state index in [0.29, 0.717) is 13.1 Å². The van der Waals surface area contributed by atoms with E-state index >= 15 is 0 Å². The number of rotatable bonds is 1. The average molecular weight is 262 g/mol. The first-order valence-electron chi connectivity index (χ1n) is 6.26. The molecule has 6 heteroatoms. The molecule has 0 saturated carbocycles. The van der Waals surface area contributed by atoms with Gasteiger partial charge in [0.05, 0.1) is 0 Å². The molecule has 1 unspecified atom stereocenters. The summed E-state index contributed by atoms with van der Waals surface area (Å²) in [5.74, 6) is 0.232. The number of nitrogens with zero attached hydrogens (tertiary/aromatic N) is 3. The van der Waals surface area contributed by atoms with Crippen molar-refractivity contribution in [2.24, 2.45) is 10.9 Å². The zero-order chi connectivity index (χ0) is 14.0. The SMILES string of the molecule is CC(C)(C)OC(=O)N1CC(C2=CC=NC(C#N)N2)C1. The molecule has 1 saturated heterocycles. The Balaban J connectivity index is 1.84. The van der Waals surface area contributed by atoms with Gasteiger partial charge >= 0.3 is 6.09 Å². The second-order valence-corrected chi connectivity index (χ2v) is 5.68. The summed E-state index contributed by atoms with van der Waals surface area (Å²) in [6.07, 6.45) is 2.68. The number of nitrogens with one attached hydrogen (secondary N) is 1. The van der Waals surface area contributed by atoms with Gasteiger partial charge in [-0.2, -0.15) is 5.26 Å². The number of ether oxygens (including phenoxy) is 1. The van der Waals surface area contributed by atoms with Crippen LogP contribution in [0.1, 0.15) is 20.8 Å².